The van der Waals surface area contributed by atoms with Gasteiger partial charge in [0.2, 0.25) is 0 Å². The molecule has 1 aromatic rings. The fourth-order valence-corrected chi connectivity index (χ4v) is 2.18. The van der Waals surface area contributed by atoms with Crippen molar-refractivity contribution in [3.05, 3.63) is 29.6 Å². The molecule has 0 radical (unpaired) electrons. The van der Waals surface area contributed by atoms with Crippen molar-refractivity contribution in [3.63, 3.8) is 0 Å². The number of nitrogens with one attached hydrogen (secondary N) is 1. The van der Waals surface area contributed by atoms with E-state index in [0.717, 1.165) is 12.8 Å². The number of para-hydroxylation sites is 1. The van der Waals surface area contributed by atoms with Crippen molar-refractivity contribution >= 4 is 5.91 Å². The summed E-state index contributed by atoms with van der Waals surface area (Å²) in [4.78, 5) is 11.8. The standard InChI is InChI=1S/C16H25FN2O2/c1-4-6-12(3)19-15(20)10-21-16-13(9-11(2)18)7-5-8-14(16)17/h5,7-8,11-12H,4,6,9-10,18H2,1-3H3,(H,19,20). The van der Waals surface area contributed by atoms with Gasteiger partial charge in [-0.25, -0.2) is 4.39 Å². The van der Waals surface area contributed by atoms with Gasteiger partial charge in [0.25, 0.3) is 5.91 Å². The molecule has 0 heterocycles. The lowest BCUT2D eigenvalue weighted by atomic mass is 10.1. The van der Waals surface area contributed by atoms with Gasteiger partial charge in [0, 0.05) is 12.1 Å². The van der Waals surface area contributed by atoms with Crippen LogP contribution >= 0.6 is 0 Å². The fraction of sp³-hybridized carbons (Fsp3) is 0.562. The van der Waals surface area contributed by atoms with Crippen molar-refractivity contribution in [2.24, 2.45) is 5.73 Å². The SMILES string of the molecule is CCCC(C)NC(=O)COc1c(F)cccc1CC(C)N. The molecule has 1 aromatic carbocycles. The minimum absolute atomic E-state index is 0.0928. The summed E-state index contributed by atoms with van der Waals surface area (Å²) in [6.07, 6.45) is 2.40. The molecule has 0 spiro atoms. The first kappa shape index (κ1) is 17.4. The second kappa shape index (κ2) is 8.62. The number of ether oxygens (including phenoxy) is 1. The highest BCUT2D eigenvalue weighted by Crippen LogP contribution is 2.23. The van der Waals surface area contributed by atoms with Gasteiger partial charge < -0.3 is 15.8 Å². The number of nitrogens with two attached hydrogens (primary N) is 1. The lowest BCUT2D eigenvalue weighted by Gasteiger charge is -2.16. The molecule has 0 bridgehead atoms. The second-order valence-corrected chi connectivity index (χ2v) is 5.46. The molecule has 21 heavy (non-hydrogen) atoms. The number of hydrogen-bond donors (Lipinski definition) is 2. The smallest absolute Gasteiger partial charge is 0.258 e. The summed E-state index contributed by atoms with van der Waals surface area (Å²) in [7, 11) is 0. The molecule has 4 nitrogen and oxygen atoms in total. The van der Waals surface area contributed by atoms with Gasteiger partial charge in [-0.3, -0.25) is 4.79 Å². The molecule has 5 heteroatoms. The van der Waals surface area contributed by atoms with Gasteiger partial charge in [0.05, 0.1) is 0 Å². The molecule has 0 aliphatic rings. The Morgan fingerprint density at radius 2 is 2.14 bits per heavy atom. The molecule has 0 fully saturated rings. The third-order valence-electron chi connectivity index (χ3n) is 3.07. The fourth-order valence-electron chi connectivity index (χ4n) is 2.18. The molecule has 1 amide bonds. The van der Waals surface area contributed by atoms with E-state index in [-0.39, 0.29) is 30.3 Å². The van der Waals surface area contributed by atoms with Crippen molar-refractivity contribution in [2.45, 2.75) is 52.1 Å². The zero-order valence-corrected chi connectivity index (χ0v) is 13.0. The topological polar surface area (TPSA) is 64.3 Å². The number of rotatable bonds is 8. The maximum absolute atomic E-state index is 13.8. The van der Waals surface area contributed by atoms with Gasteiger partial charge >= 0.3 is 0 Å². The van der Waals surface area contributed by atoms with Crippen molar-refractivity contribution in [2.75, 3.05) is 6.61 Å². The Kier molecular flexibility index (Phi) is 7.15. The molecule has 2 atom stereocenters. The maximum Gasteiger partial charge on any atom is 0.258 e. The molecule has 0 aliphatic heterocycles. The predicted octanol–water partition coefficient (Wildman–Crippen LogP) is 2.40. The molecule has 1 rings (SSSR count). The zero-order valence-electron chi connectivity index (χ0n) is 13.0. The summed E-state index contributed by atoms with van der Waals surface area (Å²) in [5, 5.41) is 2.82. The Morgan fingerprint density at radius 1 is 1.43 bits per heavy atom. The number of benzene rings is 1. The van der Waals surface area contributed by atoms with Crippen LogP contribution in [0.2, 0.25) is 0 Å². The van der Waals surface area contributed by atoms with Crippen LogP contribution in [0.3, 0.4) is 0 Å². The first-order valence-corrected chi connectivity index (χ1v) is 7.39. The molecule has 0 saturated carbocycles. The third-order valence-corrected chi connectivity index (χ3v) is 3.07. The predicted molar refractivity (Wildman–Crippen MR) is 81.8 cm³/mol. The Bertz CT molecular complexity index is 464. The van der Waals surface area contributed by atoms with Crippen LogP contribution in [0, 0.1) is 5.82 Å². The van der Waals surface area contributed by atoms with Gasteiger partial charge in [0.15, 0.2) is 18.2 Å². The number of carbonyl (C=O) groups excluding carboxylic acids is 1. The highest BCUT2D eigenvalue weighted by molar-refractivity contribution is 5.77. The van der Waals surface area contributed by atoms with Gasteiger partial charge in [-0.2, -0.15) is 0 Å². The van der Waals surface area contributed by atoms with Crippen molar-refractivity contribution in [1.82, 2.24) is 5.32 Å². The van der Waals surface area contributed by atoms with Crippen molar-refractivity contribution in [3.8, 4) is 5.75 Å². The Hall–Kier alpha value is -1.62. The van der Waals surface area contributed by atoms with Crippen LogP contribution < -0.4 is 15.8 Å². The van der Waals surface area contributed by atoms with Crippen LogP contribution in [0.5, 0.6) is 5.75 Å². The molecule has 0 aliphatic carbocycles. The Labute approximate surface area is 125 Å². The van der Waals surface area contributed by atoms with E-state index in [0.29, 0.717) is 12.0 Å². The first-order chi connectivity index (χ1) is 9.93. The average molecular weight is 296 g/mol. The van der Waals surface area contributed by atoms with Crippen LogP contribution in [0.4, 0.5) is 4.39 Å². The van der Waals surface area contributed by atoms with Gasteiger partial charge in [-0.05, 0) is 38.3 Å². The molecular weight excluding hydrogens is 271 g/mol. The number of halogens is 1. The monoisotopic (exact) mass is 296 g/mol. The number of hydrogen-bond acceptors (Lipinski definition) is 3. The van der Waals surface area contributed by atoms with Crippen LogP contribution in [0.15, 0.2) is 18.2 Å². The first-order valence-electron chi connectivity index (χ1n) is 7.39. The summed E-state index contributed by atoms with van der Waals surface area (Å²) in [6.45, 7) is 5.64. The highest BCUT2D eigenvalue weighted by atomic mass is 19.1. The number of amides is 1. The highest BCUT2D eigenvalue weighted by Gasteiger charge is 2.14. The Balaban J connectivity index is 2.64. The molecular formula is C16H25FN2O2. The average Bonchev–Trinajstić information content (AvgIpc) is 2.37. The van der Waals surface area contributed by atoms with E-state index in [2.05, 4.69) is 12.2 Å². The van der Waals surface area contributed by atoms with Crippen LogP contribution in [-0.2, 0) is 11.2 Å². The summed E-state index contributed by atoms with van der Waals surface area (Å²) in [6, 6.07) is 4.68. The molecule has 0 saturated heterocycles. The zero-order chi connectivity index (χ0) is 15.8. The van der Waals surface area contributed by atoms with Crippen LogP contribution in [0.1, 0.15) is 39.2 Å². The van der Waals surface area contributed by atoms with Gasteiger partial charge in [0.1, 0.15) is 0 Å². The molecule has 0 aromatic heterocycles. The van der Waals surface area contributed by atoms with Crippen LogP contribution in [0.25, 0.3) is 0 Å². The van der Waals surface area contributed by atoms with E-state index < -0.39 is 5.82 Å². The van der Waals surface area contributed by atoms with E-state index in [4.69, 9.17) is 10.5 Å². The van der Waals surface area contributed by atoms with E-state index >= 15 is 0 Å². The summed E-state index contributed by atoms with van der Waals surface area (Å²) in [5.41, 5.74) is 6.42. The number of carbonyl (C=O) groups is 1. The largest absolute Gasteiger partial charge is 0.480 e. The third kappa shape index (κ3) is 6.12. The van der Waals surface area contributed by atoms with Crippen molar-refractivity contribution in [1.29, 1.82) is 0 Å². The van der Waals surface area contributed by atoms with E-state index in [1.54, 1.807) is 12.1 Å². The van der Waals surface area contributed by atoms with E-state index in [1.807, 2.05) is 13.8 Å². The quantitative estimate of drug-likeness (QED) is 0.774. The minimum Gasteiger partial charge on any atom is -0.480 e. The summed E-state index contributed by atoms with van der Waals surface area (Å²) in [5.74, 6) is -0.596. The lowest BCUT2D eigenvalue weighted by molar-refractivity contribution is -0.123. The Morgan fingerprint density at radius 3 is 2.76 bits per heavy atom. The van der Waals surface area contributed by atoms with Gasteiger partial charge in [-0.1, -0.05) is 25.5 Å². The van der Waals surface area contributed by atoms with Crippen LogP contribution in [-0.4, -0.2) is 24.6 Å². The second-order valence-electron chi connectivity index (χ2n) is 5.46. The van der Waals surface area contributed by atoms with E-state index in [9.17, 15) is 9.18 Å². The van der Waals surface area contributed by atoms with Gasteiger partial charge in [-0.15, -0.1) is 0 Å². The minimum atomic E-state index is -0.470. The molecule has 3 N–H and O–H groups in total. The maximum atomic E-state index is 13.8. The normalized spacial score (nSPS) is 13.6. The van der Waals surface area contributed by atoms with E-state index in [1.165, 1.54) is 6.07 Å². The lowest BCUT2D eigenvalue weighted by Crippen LogP contribution is -2.36. The van der Waals surface area contributed by atoms with Crippen molar-refractivity contribution < 1.29 is 13.9 Å². The molecule has 118 valence electrons. The summed E-state index contributed by atoms with van der Waals surface area (Å²) < 4.78 is 19.2. The summed E-state index contributed by atoms with van der Waals surface area (Å²) >= 11 is 0. The molecule has 2 unspecified atom stereocenters.